The van der Waals surface area contributed by atoms with Crippen LogP contribution in [0, 0.1) is 20.8 Å². The molecule has 0 bridgehead atoms. The number of carbonyl (C=O) groups is 1. The van der Waals surface area contributed by atoms with Crippen molar-refractivity contribution in [1.82, 2.24) is 0 Å². The zero-order chi connectivity index (χ0) is 20.3. The second-order valence-electron chi connectivity index (χ2n) is 8.39. The van der Waals surface area contributed by atoms with Crippen molar-refractivity contribution in [2.75, 3.05) is 5.32 Å². The molecule has 0 unspecified atom stereocenters. The number of rotatable bonds is 6. The number of hydrogen-bond donors (Lipinski definition) is 1. The van der Waals surface area contributed by atoms with Gasteiger partial charge in [0.05, 0.1) is 11.5 Å². The number of hydrogen-bond acceptors (Lipinski definition) is 2. The molecule has 3 nitrogen and oxygen atoms in total. The molecule has 3 rings (SSSR count). The maximum absolute atomic E-state index is 13.4. The summed E-state index contributed by atoms with van der Waals surface area (Å²) in [6.07, 6.45) is 5.17. The number of nitrogens with one attached hydrogen (secondary N) is 1. The topological polar surface area (TPSA) is 38.3 Å². The van der Waals surface area contributed by atoms with Crippen LogP contribution in [0.15, 0.2) is 36.4 Å². The van der Waals surface area contributed by atoms with Crippen molar-refractivity contribution < 1.29 is 9.53 Å². The largest absolute Gasteiger partial charge is 0.490 e. The number of ether oxygens (including phenoxy) is 1. The third kappa shape index (κ3) is 4.09. The van der Waals surface area contributed by atoms with Crippen molar-refractivity contribution >= 4 is 11.6 Å². The van der Waals surface area contributed by atoms with E-state index in [0.29, 0.717) is 0 Å². The summed E-state index contributed by atoms with van der Waals surface area (Å²) in [4.78, 5) is 13.4. The molecule has 0 spiro atoms. The fourth-order valence-corrected chi connectivity index (χ4v) is 4.24. The Morgan fingerprint density at radius 2 is 1.64 bits per heavy atom. The van der Waals surface area contributed by atoms with E-state index in [1.807, 2.05) is 26.0 Å². The Morgan fingerprint density at radius 1 is 1.07 bits per heavy atom. The second-order valence-corrected chi connectivity index (χ2v) is 8.39. The molecule has 0 aromatic heterocycles. The lowest BCUT2D eigenvalue weighted by Crippen LogP contribution is -2.38. The molecule has 1 aliphatic carbocycles. The molecule has 1 atom stereocenters. The summed E-state index contributed by atoms with van der Waals surface area (Å²) in [6.45, 7) is 10.4. The number of aryl methyl sites for hydroxylation is 3. The molecular weight excluding hydrogens is 346 g/mol. The number of benzene rings is 2. The molecule has 1 N–H and O–H groups in total. The fraction of sp³-hybridized carbons (Fsp3) is 0.480. The Morgan fingerprint density at radius 3 is 2.18 bits per heavy atom. The normalized spacial score (nSPS) is 16.6. The van der Waals surface area contributed by atoms with Gasteiger partial charge >= 0.3 is 0 Å². The third-order valence-electron chi connectivity index (χ3n) is 6.11. The van der Waals surface area contributed by atoms with Crippen LogP contribution in [-0.2, 0) is 10.2 Å². The van der Waals surface area contributed by atoms with E-state index < -0.39 is 5.41 Å². The minimum Gasteiger partial charge on any atom is -0.490 e. The quantitative estimate of drug-likeness (QED) is 0.645. The lowest BCUT2D eigenvalue weighted by molar-refractivity contribution is -0.121. The highest BCUT2D eigenvalue weighted by molar-refractivity contribution is 5.99. The van der Waals surface area contributed by atoms with E-state index in [4.69, 9.17) is 4.74 Å². The van der Waals surface area contributed by atoms with Crippen molar-refractivity contribution in [3.05, 3.63) is 58.7 Å². The van der Waals surface area contributed by atoms with Crippen molar-refractivity contribution in [1.29, 1.82) is 0 Å². The molecule has 2 aromatic carbocycles. The van der Waals surface area contributed by atoms with Crippen LogP contribution >= 0.6 is 0 Å². The molecule has 150 valence electrons. The SMILES string of the molecule is CC[C@@H](C)Oc1c(C)cc(NC(=O)C2(c3ccc(C)cc3)CCCC2)cc1C. The summed E-state index contributed by atoms with van der Waals surface area (Å²) in [5.74, 6) is 1.05. The highest BCUT2D eigenvalue weighted by atomic mass is 16.5. The lowest BCUT2D eigenvalue weighted by atomic mass is 9.77. The summed E-state index contributed by atoms with van der Waals surface area (Å²) >= 11 is 0. The molecule has 3 heteroatoms. The van der Waals surface area contributed by atoms with Gasteiger partial charge in [-0.1, -0.05) is 49.6 Å². The predicted octanol–water partition coefficient (Wildman–Crippen LogP) is 6.24. The van der Waals surface area contributed by atoms with E-state index in [0.717, 1.165) is 60.2 Å². The van der Waals surface area contributed by atoms with Crippen molar-refractivity contribution in [2.24, 2.45) is 0 Å². The van der Waals surface area contributed by atoms with Gasteiger partial charge in [-0.25, -0.2) is 0 Å². The molecular formula is C25H33NO2. The third-order valence-corrected chi connectivity index (χ3v) is 6.11. The van der Waals surface area contributed by atoms with E-state index in [-0.39, 0.29) is 12.0 Å². The minimum absolute atomic E-state index is 0.114. The molecule has 0 radical (unpaired) electrons. The van der Waals surface area contributed by atoms with Gasteiger partial charge in [-0.3, -0.25) is 4.79 Å². The zero-order valence-corrected chi connectivity index (χ0v) is 17.9. The van der Waals surface area contributed by atoms with E-state index in [2.05, 4.69) is 50.4 Å². The molecule has 0 saturated heterocycles. The smallest absolute Gasteiger partial charge is 0.235 e. The zero-order valence-electron chi connectivity index (χ0n) is 17.9. The summed E-state index contributed by atoms with van der Waals surface area (Å²) < 4.78 is 6.07. The van der Waals surface area contributed by atoms with E-state index in [9.17, 15) is 4.79 Å². The summed E-state index contributed by atoms with van der Waals surface area (Å²) in [5, 5.41) is 3.22. The van der Waals surface area contributed by atoms with Gasteiger partial charge in [0, 0.05) is 5.69 Å². The highest BCUT2D eigenvalue weighted by Gasteiger charge is 2.42. The molecule has 2 aromatic rings. The molecule has 28 heavy (non-hydrogen) atoms. The fourth-order valence-electron chi connectivity index (χ4n) is 4.24. The van der Waals surface area contributed by atoms with Crippen LogP contribution in [-0.4, -0.2) is 12.0 Å². The minimum atomic E-state index is -0.415. The summed E-state index contributed by atoms with van der Waals surface area (Å²) in [7, 11) is 0. The molecule has 1 saturated carbocycles. The highest BCUT2D eigenvalue weighted by Crippen LogP contribution is 2.42. The first-order valence-electron chi connectivity index (χ1n) is 10.5. The Balaban J connectivity index is 1.85. The number of amides is 1. The van der Waals surface area contributed by atoms with E-state index in [1.165, 1.54) is 5.56 Å². The predicted molar refractivity (Wildman–Crippen MR) is 116 cm³/mol. The number of carbonyl (C=O) groups excluding carboxylic acids is 1. The van der Waals surface area contributed by atoms with Crippen LogP contribution in [0.4, 0.5) is 5.69 Å². The van der Waals surface area contributed by atoms with Gasteiger partial charge in [-0.2, -0.15) is 0 Å². The van der Waals surface area contributed by atoms with Gasteiger partial charge in [0.25, 0.3) is 0 Å². The average Bonchev–Trinajstić information content (AvgIpc) is 3.16. The maximum Gasteiger partial charge on any atom is 0.235 e. The Labute approximate surface area is 169 Å². The van der Waals surface area contributed by atoms with Crippen LogP contribution in [0.3, 0.4) is 0 Å². The summed E-state index contributed by atoms with van der Waals surface area (Å²) in [6, 6.07) is 12.5. The van der Waals surface area contributed by atoms with Crippen LogP contribution in [0.1, 0.15) is 68.2 Å². The van der Waals surface area contributed by atoms with Crippen LogP contribution < -0.4 is 10.1 Å². The van der Waals surface area contributed by atoms with Crippen molar-refractivity contribution in [3.63, 3.8) is 0 Å². The van der Waals surface area contributed by atoms with Crippen molar-refractivity contribution in [2.45, 2.75) is 78.2 Å². The Kier molecular flexibility index (Phi) is 6.12. The van der Waals surface area contributed by atoms with E-state index in [1.54, 1.807) is 0 Å². The summed E-state index contributed by atoms with van der Waals surface area (Å²) in [5.41, 5.74) is 4.92. The first-order valence-corrected chi connectivity index (χ1v) is 10.5. The monoisotopic (exact) mass is 379 g/mol. The molecule has 1 aliphatic rings. The van der Waals surface area contributed by atoms with Gasteiger partial charge in [0.2, 0.25) is 5.91 Å². The Hall–Kier alpha value is -2.29. The van der Waals surface area contributed by atoms with Gasteiger partial charge in [-0.05, 0) is 75.8 Å². The second kappa shape index (κ2) is 8.38. The van der Waals surface area contributed by atoms with Gasteiger partial charge in [0.15, 0.2) is 0 Å². The molecule has 1 amide bonds. The van der Waals surface area contributed by atoms with Crippen molar-refractivity contribution in [3.8, 4) is 5.75 Å². The Bertz CT molecular complexity index is 809. The standard InChI is InChI=1S/C25H33NO2/c1-6-20(5)28-23-18(3)15-22(16-19(23)4)26-24(27)25(13-7-8-14-25)21-11-9-17(2)10-12-21/h9-12,15-16,20H,6-8,13-14H2,1-5H3,(H,26,27)/t20-/m1/s1. The number of anilines is 1. The van der Waals surface area contributed by atoms with Gasteiger partial charge in [0.1, 0.15) is 5.75 Å². The van der Waals surface area contributed by atoms with E-state index >= 15 is 0 Å². The lowest BCUT2D eigenvalue weighted by Gasteiger charge is -2.29. The van der Waals surface area contributed by atoms with Crippen LogP contribution in [0.25, 0.3) is 0 Å². The van der Waals surface area contributed by atoms with Gasteiger partial charge in [-0.15, -0.1) is 0 Å². The van der Waals surface area contributed by atoms with Crippen LogP contribution in [0.2, 0.25) is 0 Å². The van der Waals surface area contributed by atoms with Crippen LogP contribution in [0.5, 0.6) is 5.75 Å². The molecule has 0 heterocycles. The first kappa shape index (κ1) is 20.4. The molecule has 1 fully saturated rings. The first-order chi connectivity index (χ1) is 13.4. The van der Waals surface area contributed by atoms with Gasteiger partial charge < -0.3 is 10.1 Å². The maximum atomic E-state index is 13.4. The average molecular weight is 380 g/mol. The molecule has 0 aliphatic heterocycles.